The third-order valence-corrected chi connectivity index (χ3v) is 11.6. The molecule has 1 aliphatic rings. The fourth-order valence-electron chi connectivity index (χ4n) is 8.75. The van der Waals surface area contributed by atoms with Crippen LogP contribution in [0.1, 0.15) is 25.0 Å². The summed E-state index contributed by atoms with van der Waals surface area (Å²) in [6.07, 6.45) is 0. The van der Waals surface area contributed by atoms with Crippen LogP contribution in [0.25, 0.3) is 94.7 Å². The smallest absolute Gasteiger partial charge is 0.164 e. The van der Waals surface area contributed by atoms with E-state index in [4.69, 9.17) is 15.0 Å². The lowest BCUT2D eigenvalue weighted by Crippen LogP contribution is -2.15. The highest BCUT2D eigenvalue weighted by molar-refractivity contribution is 6.12. The topological polar surface area (TPSA) is 43.6 Å². The highest BCUT2D eigenvalue weighted by Gasteiger charge is 2.37. The summed E-state index contributed by atoms with van der Waals surface area (Å²) in [7, 11) is 0. The number of para-hydroxylation sites is 1. The van der Waals surface area contributed by atoms with Crippen LogP contribution >= 0.6 is 0 Å². The van der Waals surface area contributed by atoms with Crippen molar-refractivity contribution >= 4 is 32.6 Å². The Bertz CT molecular complexity index is 3090. The van der Waals surface area contributed by atoms with Gasteiger partial charge in [-0.2, -0.15) is 0 Å². The van der Waals surface area contributed by atoms with Gasteiger partial charge in [0.05, 0.1) is 11.0 Å². The predicted octanol–water partition coefficient (Wildman–Crippen LogP) is 13.1. The maximum absolute atomic E-state index is 5.05. The summed E-state index contributed by atoms with van der Waals surface area (Å²) in [5.74, 6) is 1.94. The Hall–Kier alpha value is -7.17. The van der Waals surface area contributed by atoms with Crippen LogP contribution in [0.5, 0.6) is 0 Å². The minimum Gasteiger partial charge on any atom is -0.309 e. The highest BCUT2D eigenvalue weighted by Crippen LogP contribution is 2.52. The van der Waals surface area contributed by atoms with Crippen molar-refractivity contribution in [2.24, 2.45) is 0 Å². The Balaban J connectivity index is 1.09. The summed E-state index contributed by atoms with van der Waals surface area (Å²) in [6, 6.07) is 64.9. The molecule has 2 heterocycles. The van der Waals surface area contributed by atoms with Crippen molar-refractivity contribution in [3.8, 4) is 62.1 Å². The molecule has 0 N–H and O–H groups in total. The zero-order chi connectivity index (χ0) is 37.4. The van der Waals surface area contributed by atoms with Crippen molar-refractivity contribution in [1.29, 1.82) is 0 Å². The summed E-state index contributed by atoms with van der Waals surface area (Å²) in [4.78, 5) is 15.0. The van der Waals surface area contributed by atoms with Crippen LogP contribution in [0.4, 0.5) is 0 Å². The second-order valence-corrected chi connectivity index (χ2v) is 15.3. The fourth-order valence-corrected chi connectivity index (χ4v) is 8.75. The number of hydrogen-bond donors (Lipinski definition) is 0. The van der Waals surface area contributed by atoms with Gasteiger partial charge in [-0.3, -0.25) is 0 Å². The first-order chi connectivity index (χ1) is 27.5. The molecule has 8 aromatic carbocycles. The molecule has 0 aliphatic heterocycles. The van der Waals surface area contributed by atoms with E-state index < -0.39 is 0 Å². The Morgan fingerprint density at radius 3 is 1.64 bits per heavy atom. The molecule has 10 aromatic rings. The molecule has 0 spiro atoms. The summed E-state index contributed by atoms with van der Waals surface area (Å²) >= 11 is 0. The van der Waals surface area contributed by atoms with Crippen LogP contribution in [0.15, 0.2) is 182 Å². The van der Waals surface area contributed by atoms with Gasteiger partial charge in [0.2, 0.25) is 0 Å². The number of hydrogen-bond acceptors (Lipinski definition) is 3. The van der Waals surface area contributed by atoms with Crippen LogP contribution in [-0.2, 0) is 5.41 Å². The second kappa shape index (κ2) is 12.4. The van der Waals surface area contributed by atoms with E-state index >= 15 is 0 Å². The van der Waals surface area contributed by atoms with E-state index in [1.54, 1.807) is 0 Å². The van der Waals surface area contributed by atoms with Crippen LogP contribution in [0.3, 0.4) is 0 Å². The monoisotopic (exact) mass is 716 g/mol. The van der Waals surface area contributed by atoms with Crippen LogP contribution in [0, 0.1) is 0 Å². The van der Waals surface area contributed by atoms with Gasteiger partial charge >= 0.3 is 0 Å². The molecular weight excluding hydrogens is 681 g/mol. The van der Waals surface area contributed by atoms with Crippen molar-refractivity contribution in [1.82, 2.24) is 19.5 Å². The molecule has 0 saturated carbocycles. The van der Waals surface area contributed by atoms with E-state index in [0.29, 0.717) is 17.5 Å². The Morgan fingerprint density at radius 1 is 0.375 bits per heavy atom. The third kappa shape index (κ3) is 5.10. The molecule has 56 heavy (non-hydrogen) atoms. The van der Waals surface area contributed by atoms with Crippen LogP contribution < -0.4 is 0 Å². The van der Waals surface area contributed by atoms with Crippen LogP contribution in [0.2, 0.25) is 0 Å². The molecule has 0 atom stereocenters. The maximum Gasteiger partial charge on any atom is 0.164 e. The van der Waals surface area contributed by atoms with E-state index in [2.05, 4.69) is 140 Å². The summed E-state index contributed by atoms with van der Waals surface area (Å²) < 4.78 is 2.41. The lowest BCUT2D eigenvalue weighted by molar-refractivity contribution is 0.662. The van der Waals surface area contributed by atoms with E-state index in [1.165, 1.54) is 60.4 Å². The molecule has 0 fully saturated rings. The second-order valence-electron chi connectivity index (χ2n) is 15.3. The van der Waals surface area contributed by atoms with Gasteiger partial charge in [-0.05, 0) is 92.7 Å². The first kappa shape index (κ1) is 32.3. The van der Waals surface area contributed by atoms with Gasteiger partial charge in [0.1, 0.15) is 0 Å². The standard InChI is InChI=1S/C52H36N4/c1-52(2)45-30-37-26-25-36(33-15-6-3-7-16-33)27-39(37)29-42(45)43-31-44-41-23-12-13-24-47(41)56(48(44)32-46(43)52)40-22-14-21-38(28-40)51-54-49(34-17-8-4-9-18-34)53-50(55-51)35-19-10-5-11-20-35/h3-32H,1-2H3. The first-order valence-corrected chi connectivity index (χ1v) is 19.2. The number of benzene rings is 8. The van der Waals surface area contributed by atoms with Gasteiger partial charge in [0.25, 0.3) is 0 Å². The Morgan fingerprint density at radius 2 is 0.946 bits per heavy atom. The van der Waals surface area contributed by atoms with Crippen LogP contribution in [-0.4, -0.2) is 19.5 Å². The van der Waals surface area contributed by atoms with Crippen molar-refractivity contribution in [3.63, 3.8) is 0 Å². The molecule has 1 aliphatic carbocycles. The van der Waals surface area contributed by atoms with Crippen molar-refractivity contribution in [3.05, 3.63) is 193 Å². The fraction of sp³-hybridized carbons (Fsp3) is 0.0577. The molecule has 0 radical (unpaired) electrons. The summed E-state index contributed by atoms with van der Waals surface area (Å²) in [5.41, 5.74) is 13.9. The Labute approximate surface area is 325 Å². The lowest BCUT2D eigenvalue weighted by atomic mass is 9.81. The quantitative estimate of drug-likeness (QED) is 0.178. The molecule has 4 heteroatoms. The summed E-state index contributed by atoms with van der Waals surface area (Å²) in [6.45, 7) is 4.74. The van der Waals surface area contributed by atoms with E-state index in [-0.39, 0.29) is 5.41 Å². The number of nitrogens with zero attached hydrogens (tertiary/aromatic N) is 4. The zero-order valence-corrected chi connectivity index (χ0v) is 31.1. The van der Waals surface area contributed by atoms with Gasteiger partial charge in [-0.15, -0.1) is 0 Å². The van der Waals surface area contributed by atoms with Gasteiger partial charge in [0, 0.05) is 38.6 Å². The third-order valence-electron chi connectivity index (χ3n) is 11.6. The van der Waals surface area contributed by atoms with E-state index in [1.807, 2.05) is 60.7 Å². The molecular formula is C52H36N4. The van der Waals surface area contributed by atoms with E-state index in [0.717, 1.165) is 27.9 Å². The maximum atomic E-state index is 5.05. The number of aromatic nitrogens is 4. The predicted molar refractivity (Wildman–Crippen MR) is 231 cm³/mol. The van der Waals surface area contributed by atoms with Crippen molar-refractivity contribution in [2.45, 2.75) is 19.3 Å². The highest BCUT2D eigenvalue weighted by atomic mass is 15.0. The summed E-state index contributed by atoms with van der Waals surface area (Å²) in [5, 5.41) is 5.00. The van der Waals surface area contributed by atoms with Gasteiger partial charge in [-0.1, -0.05) is 147 Å². The van der Waals surface area contributed by atoms with Crippen molar-refractivity contribution in [2.75, 3.05) is 0 Å². The molecule has 11 rings (SSSR count). The minimum absolute atomic E-state index is 0.180. The van der Waals surface area contributed by atoms with Gasteiger partial charge in [-0.25, -0.2) is 15.0 Å². The number of fused-ring (bicyclic) bond motifs is 7. The normalized spacial score (nSPS) is 13.0. The van der Waals surface area contributed by atoms with E-state index in [9.17, 15) is 0 Å². The largest absolute Gasteiger partial charge is 0.309 e. The lowest BCUT2D eigenvalue weighted by Gasteiger charge is -2.22. The van der Waals surface area contributed by atoms with Gasteiger partial charge in [0.15, 0.2) is 17.5 Å². The molecule has 0 unspecified atom stereocenters. The minimum atomic E-state index is -0.180. The number of rotatable bonds is 5. The van der Waals surface area contributed by atoms with Gasteiger partial charge < -0.3 is 4.57 Å². The molecule has 264 valence electrons. The molecule has 0 bridgehead atoms. The molecule has 0 saturated heterocycles. The average molecular weight is 717 g/mol. The SMILES string of the molecule is CC1(C)c2cc3ccc(-c4ccccc4)cc3cc2-c2cc3c4ccccc4n(-c4cccc(-c5nc(-c6ccccc6)nc(-c6ccccc6)n5)c4)c3cc21. The average Bonchev–Trinajstić information content (AvgIpc) is 3.70. The molecule has 0 amide bonds. The first-order valence-electron chi connectivity index (χ1n) is 19.2. The Kier molecular flexibility index (Phi) is 7.17. The van der Waals surface area contributed by atoms with Crippen molar-refractivity contribution < 1.29 is 0 Å². The molecule has 4 nitrogen and oxygen atoms in total. The molecule has 2 aromatic heterocycles. The zero-order valence-electron chi connectivity index (χ0n) is 31.1.